The van der Waals surface area contributed by atoms with Crippen LogP contribution in [0.4, 0.5) is 11.6 Å². The molecule has 0 saturated carbocycles. The van der Waals surface area contributed by atoms with Crippen molar-refractivity contribution in [1.29, 1.82) is 0 Å². The van der Waals surface area contributed by atoms with E-state index in [1.165, 1.54) is 0 Å². The summed E-state index contributed by atoms with van der Waals surface area (Å²) in [6.45, 7) is 3.41. The van der Waals surface area contributed by atoms with Crippen LogP contribution < -0.4 is 5.32 Å². The molecular weight excluding hydrogens is 318 g/mol. The third-order valence-corrected chi connectivity index (χ3v) is 4.08. The maximum atomic E-state index is 6.11. The summed E-state index contributed by atoms with van der Waals surface area (Å²) in [6.07, 6.45) is 3.60. The monoisotopic (exact) mass is 333 g/mol. The molecule has 4 rings (SSSR count). The molecule has 2 N–H and O–H groups in total. The standard InChI is InChI=1S/C14H16ClN7O/c1-8-6-11(21-20-8)17-12-10-7-16-22(9-2-4-23-5-3-9)13(10)19-14(15)18-12/h6-7,9H,2-5H2,1H3,(H2,17,18,19,20,21). The number of halogens is 1. The van der Waals surface area contributed by atoms with Gasteiger partial charge < -0.3 is 10.1 Å². The highest BCUT2D eigenvalue weighted by Gasteiger charge is 2.21. The summed E-state index contributed by atoms with van der Waals surface area (Å²) in [5.41, 5.74) is 1.69. The topological polar surface area (TPSA) is 93.5 Å². The van der Waals surface area contributed by atoms with Crippen LogP contribution in [-0.4, -0.2) is 43.2 Å². The molecule has 0 atom stereocenters. The molecule has 9 heteroatoms. The van der Waals surface area contributed by atoms with Crippen molar-refractivity contribution in [2.45, 2.75) is 25.8 Å². The predicted molar refractivity (Wildman–Crippen MR) is 86.0 cm³/mol. The van der Waals surface area contributed by atoms with Gasteiger partial charge in [0.2, 0.25) is 5.28 Å². The first kappa shape index (κ1) is 14.4. The third-order valence-electron chi connectivity index (χ3n) is 3.92. The molecule has 8 nitrogen and oxygen atoms in total. The zero-order chi connectivity index (χ0) is 15.8. The molecule has 3 aromatic heterocycles. The highest BCUT2D eigenvalue weighted by molar-refractivity contribution is 6.28. The Hall–Kier alpha value is -2.19. The summed E-state index contributed by atoms with van der Waals surface area (Å²) in [5, 5.41) is 15.7. The Balaban J connectivity index is 1.75. The number of hydrogen-bond acceptors (Lipinski definition) is 6. The minimum absolute atomic E-state index is 0.182. The predicted octanol–water partition coefficient (Wildman–Crippen LogP) is 2.61. The van der Waals surface area contributed by atoms with Gasteiger partial charge in [-0.25, -0.2) is 4.68 Å². The van der Waals surface area contributed by atoms with Crippen molar-refractivity contribution >= 4 is 34.3 Å². The van der Waals surface area contributed by atoms with E-state index in [0.717, 1.165) is 42.8 Å². The highest BCUT2D eigenvalue weighted by Crippen LogP contribution is 2.29. The van der Waals surface area contributed by atoms with Crippen LogP contribution in [0.2, 0.25) is 5.28 Å². The third kappa shape index (κ3) is 2.75. The molecule has 120 valence electrons. The van der Waals surface area contributed by atoms with Crippen LogP contribution in [0.1, 0.15) is 24.6 Å². The maximum Gasteiger partial charge on any atom is 0.226 e. The van der Waals surface area contributed by atoms with E-state index < -0.39 is 0 Å². The molecule has 0 unspecified atom stereocenters. The summed E-state index contributed by atoms with van der Waals surface area (Å²) in [6, 6.07) is 2.16. The SMILES string of the molecule is Cc1cc(Nc2nc(Cl)nc3c2cnn3C2CCOCC2)n[nH]1. The number of aryl methyl sites for hydroxylation is 1. The van der Waals surface area contributed by atoms with Crippen molar-refractivity contribution in [1.82, 2.24) is 29.9 Å². The fraction of sp³-hybridized carbons (Fsp3) is 0.429. The zero-order valence-electron chi connectivity index (χ0n) is 12.6. The molecule has 0 amide bonds. The Labute approximate surface area is 137 Å². The van der Waals surface area contributed by atoms with Gasteiger partial charge in [0.05, 0.1) is 17.6 Å². The van der Waals surface area contributed by atoms with Crippen LogP contribution in [0.3, 0.4) is 0 Å². The van der Waals surface area contributed by atoms with Crippen molar-refractivity contribution in [3.8, 4) is 0 Å². The van der Waals surface area contributed by atoms with E-state index in [1.54, 1.807) is 6.20 Å². The van der Waals surface area contributed by atoms with E-state index >= 15 is 0 Å². The number of H-pyrrole nitrogens is 1. The molecule has 0 aromatic carbocycles. The van der Waals surface area contributed by atoms with Crippen molar-refractivity contribution < 1.29 is 4.74 Å². The van der Waals surface area contributed by atoms with Gasteiger partial charge in [0.15, 0.2) is 11.5 Å². The number of rotatable bonds is 3. The van der Waals surface area contributed by atoms with Crippen LogP contribution >= 0.6 is 11.6 Å². The fourth-order valence-corrected chi connectivity index (χ4v) is 2.96. The average molecular weight is 334 g/mol. The summed E-state index contributed by atoms with van der Waals surface area (Å²) in [4.78, 5) is 8.64. The minimum Gasteiger partial charge on any atom is -0.381 e. The minimum atomic E-state index is 0.182. The molecular formula is C14H16ClN7O. The summed E-state index contributed by atoms with van der Waals surface area (Å²) < 4.78 is 7.34. The van der Waals surface area contributed by atoms with Gasteiger partial charge in [-0.15, -0.1) is 0 Å². The Kier molecular flexibility index (Phi) is 3.62. The maximum absolute atomic E-state index is 6.11. The molecule has 0 bridgehead atoms. The molecule has 1 saturated heterocycles. The fourth-order valence-electron chi connectivity index (χ4n) is 2.79. The molecule has 0 aliphatic carbocycles. The summed E-state index contributed by atoms with van der Waals surface area (Å²) >= 11 is 6.11. The number of ether oxygens (including phenoxy) is 1. The molecule has 1 aliphatic rings. The van der Waals surface area contributed by atoms with Gasteiger partial charge in [-0.1, -0.05) is 0 Å². The summed E-state index contributed by atoms with van der Waals surface area (Å²) in [5.74, 6) is 1.28. The molecule has 23 heavy (non-hydrogen) atoms. The number of nitrogens with one attached hydrogen (secondary N) is 2. The molecule has 3 aromatic rings. The first-order valence-electron chi connectivity index (χ1n) is 7.48. The lowest BCUT2D eigenvalue weighted by molar-refractivity contribution is 0.0673. The van der Waals surface area contributed by atoms with Crippen molar-refractivity contribution in [3.63, 3.8) is 0 Å². The lowest BCUT2D eigenvalue weighted by Crippen LogP contribution is -2.20. The van der Waals surface area contributed by atoms with Crippen LogP contribution in [0.15, 0.2) is 12.3 Å². The average Bonchev–Trinajstić information content (AvgIpc) is 3.14. The number of hydrogen-bond donors (Lipinski definition) is 2. The van der Waals surface area contributed by atoms with Crippen LogP contribution in [0, 0.1) is 6.92 Å². The van der Waals surface area contributed by atoms with E-state index in [1.807, 2.05) is 17.7 Å². The van der Waals surface area contributed by atoms with Crippen molar-refractivity contribution in [3.05, 3.63) is 23.2 Å². The van der Waals surface area contributed by atoms with Crippen LogP contribution in [0.5, 0.6) is 0 Å². The number of aromatic nitrogens is 6. The Morgan fingerprint density at radius 1 is 1.35 bits per heavy atom. The lowest BCUT2D eigenvalue weighted by atomic mass is 10.1. The van der Waals surface area contributed by atoms with E-state index in [0.29, 0.717) is 11.6 Å². The number of fused-ring (bicyclic) bond motifs is 1. The van der Waals surface area contributed by atoms with Crippen molar-refractivity contribution in [2.24, 2.45) is 0 Å². The second-order valence-corrected chi connectivity index (χ2v) is 5.91. The van der Waals surface area contributed by atoms with Gasteiger partial charge in [-0.05, 0) is 31.4 Å². The highest BCUT2D eigenvalue weighted by atomic mass is 35.5. The molecule has 1 aliphatic heterocycles. The molecule has 1 fully saturated rings. The summed E-state index contributed by atoms with van der Waals surface area (Å²) in [7, 11) is 0. The number of anilines is 2. The molecule has 0 radical (unpaired) electrons. The Bertz CT molecular complexity index is 837. The smallest absolute Gasteiger partial charge is 0.226 e. The van der Waals surface area contributed by atoms with Gasteiger partial charge in [-0.2, -0.15) is 20.2 Å². The normalized spacial score (nSPS) is 16.1. The quantitative estimate of drug-likeness (QED) is 0.716. The van der Waals surface area contributed by atoms with Gasteiger partial charge in [0.25, 0.3) is 0 Å². The van der Waals surface area contributed by atoms with Gasteiger partial charge in [0.1, 0.15) is 5.82 Å². The van der Waals surface area contributed by atoms with E-state index in [-0.39, 0.29) is 11.3 Å². The van der Waals surface area contributed by atoms with E-state index in [2.05, 4.69) is 30.6 Å². The molecule has 0 spiro atoms. The van der Waals surface area contributed by atoms with Gasteiger partial charge in [0, 0.05) is 25.0 Å². The van der Waals surface area contributed by atoms with E-state index in [4.69, 9.17) is 16.3 Å². The largest absolute Gasteiger partial charge is 0.381 e. The van der Waals surface area contributed by atoms with Gasteiger partial charge in [-0.3, -0.25) is 5.10 Å². The van der Waals surface area contributed by atoms with Crippen molar-refractivity contribution in [2.75, 3.05) is 18.5 Å². The first-order chi connectivity index (χ1) is 11.2. The number of nitrogens with zero attached hydrogens (tertiary/aromatic N) is 5. The Morgan fingerprint density at radius 2 is 2.17 bits per heavy atom. The zero-order valence-corrected chi connectivity index (χ0v) is 13.3. The van der Waals surface area contributed by atoms with Gasteiger partial charge >= 0.3 is 0 Å². The first-order valence-corrected chi connectivity index (χ1v) is 7.86. The second kappa shape index (κ2) is 5.78. The van der Waals surface area contributed by atoms with Crippen LogP contribution in [0.25, 0.3) is 11.0 Å². The van der Waals surface area contributed by atoms with Crippen LogP contribution in [-0.2, 0) is 4.74 Å². The molecule has 4 heterocycles. The second-order valence-electron chi connectivity index (χ2n) is 5.57. The number of aromatic amines is 1. The van der Waals surface area contributed by atoms with E-state index in [9.17, 15) is 0 Å². The Morgan fingerprint density at radius 3 is 2.91 bits per heavy atom. The lowest BCUT2D eigenvalue weighted by Gasteiger charge is -2.22.